The van der Waals surface area contributed by atoms with Crippen LogP contribution in [0.4, 0.5) is 0 Å². The van der Waals surface area contributed by atoms with Crippen molar-refractivity contribution in [1.29, 1.82) is 0 Å². The molecule has 112 valence electrons. The fourth-order valence-electron chi connectivity index (χ4n) is 2.17. The second-order valence-corrected chi connectivity index (χ2v) is 5.61. The molecule has 0 aliphatic carbocycles. The molecule has 1 aromatic rings. The summed E-state index contributed by atoms with van der Waals surface area (Å²) in [6.07, 6.45) is 0.427. The molecule has 1 amide bonds. The molecular formula is C14H20BrClN2O2. The van der Waals surface area contributed by atoms with Crippen molar-refractivity contribution in [3.05, 3.63) is 28.7 Å². The maximum atomic E-state index is 12.1. The molecule has 1 fully saturated rings. The van der Waals surface area contributed by atoms with Gasteiger partial charge in [0.2, 0.25) is 5.91 Å². The molecule has 0 aromatic heterocycles. The van der Waals surface area contributed by atoms with Gasteiger partial charge in [-0.25, -0.2) is 0 Å². The topological polar surface area (TPSA) is 41.6 Å². The highest BCUT2D eigenvalue weighted by Gasteiger charge is 2.22. The first-order chi connectivity index (χ1) is 9.16. The third kappa shape index (κ3) is 4.96. The predicted octanol–water partition coefficient (Wildman–Crippen LogP) is 2.46. The number of halogens is 2. The summed E-state index contributed by atoms with van der Waals surface area (Å²) in [6.45, 7) is 5.03. The van der Waals surface area contributed by atoms with Crippen LogP contribution in [0, 0.1) is 0 Å². The SMILES string of the molecule is C[C@H]1CNCCN1C(=O)CCOc1cccc(Br)c1.Cl. The highest BCUT2D eigenvalue weighted by Crippen LogP contribution is 2.18. The van der Waals surface area contributed by atoms with Crippen molar-refractivity contribution in [1.82, 2.24) is 10.2 Å². The van der Waals surface area contributed by atoms with Crippen molar-refractivity contribution in [2.75, 3.05) is 26.2 Å². The maximum absolute atomic E-state index is 12.1. The van der Waals surface area contributed by atoms with Gasteiger partial charge in [0, 0.05) is 30.1 Å². The third-order valence-corrected chi connectivity index (χ3v) is 3.70. The van der Waals surface area contributed by atoms with Crippen molar-refractivity contribution >= 4 is 34.2 Å². The Hall–Kier alpha value is -0.780. The molecule has 0 unspecified atom stereocenters. The molecule has 0 radical (unpaired) electrons. The summed E-state index contributed by atoms with van der Waals surface area (Å²) in [4.78, 5) is 14.0. The van der Waals surface area contributed by atoms with E-state index in [-0.39, 0.29) is 24.4 Å². The minimum absolute atomic E-state index is 0. The Bertz CT molecular complexity index is 445. The summed E-state index contributed by atoms with van der Waals surface area (Å²) >= 11 is 3.39. The normalized spacial score (nSPS) is 18.3. The highest BCUT2D eigenvalue weighted by molar-refractivity contribution is 9.10. The second-order valence-electron chi connectivity index (χ2n) is 4.70. The molecule has 0 bridgehead atoms. The summed E-state index contributed by atoms with van der Waals surface area (Å²) in [5.41, 5.74) is 0. The van der Waals surface area contributed by atoms with Crippen LogP contribution in [0.3, 0.4) is 0 Å². The van der Waals surface area contributed by atoms with Crippen LogP contribution in [0.1, 0.15) is 13.3 Å². The smallest absolute Gasteiger partial charge is 0.226 e. The lowest BCUT2D eigenvalue weighted by Gasteiger charge is -2.34. The molecule has 1 heterocycles. The molecule has 0 saturated carbocycles. The predicted molar refractivity (Wildman–Crippen MR) is 85.5 cm³/mol. The average molecular weight is 364 g/mol. The summed E-state index contributed by atoms with van der Waals surface area (Å²) < 4.78 is 6.57. The van der Waals surface area contributed by atoms with Crippen molar-refractivity contribution in [3.63, 3.8) is 0 Å². The molecule has 6 heteroatoms. The van der Waals surface area contributed by atoms with E-state index in [0.717, 1.165) is 29.9 Å². The summed E-state index contributed by atoms with van der Waals surface area (Å²) in [6, 6.07) is 7.92. The number of rotatable bonds is 4. The van der Waals surface area contributed by atoms with Gasteiger partial charge in [-0.1, -0.05) is 22.0 Å². The van der Waals surface area contributed by atoms with Gasteiger partial charge in [-0.05, 0) is 25.1 Å². The van der Waals surface area contributed by atoms with Gasteiger partial charge >= 0.3 is 0 Å². The maximum Gasteiger partial charge on any atom is 0.226 e. The third-order valence-electron chi connectivity index (χ3n) is 3.20. The zero-order valence-electron chi connectivity index (χ0n) is 11.5. The van der Waals surface area contributed by atoms with Crippen LogP contribution in [-0.4, -0.2) is 43.1 Å². The molecule has 1 saturated heterocycles. The van der Waals surface area contributed by atoms with Crippen LogP contribution in [-0.2, 0) is 4.79 Å². The lowest BCUT2D eigenvalue weighted by molar-refractivity contribution is -0.134. The molecule has 1 atom stereocenters. The minimum atomic E-state index is 0. The van der Waals surface area contributed by atoms with E-state index in [0.29, 0.717) is 13.0 Å². The van der Waals surface area contributed by atoms with E-state index in [2.05, 4.69) is 28.2 Å². The van der Waals surface area contributed by atoms with E-state index in [9.17, 15) is 4.79 Å². The number of hydrogen-bond acceptors (Lipinski definition) is 3. The number of carbonyl (C=O) groups excluding carboxylic acids is 1. The van der Waals surface area contributed by atoms with Crippen LogP contribution in [0.15, 0.2) is 28.7 Å². The van der Waals surface area contributed by atoms with E-state index in [1.165, 1.54) is 0 Å². The van der Waals surface area contributed by atoms with Gasteiger partial charge in [0.05, 0.1) is 13.0 Å². The quantitative estimate of drug-likeness (QED) is 0.893. The van der Waals surface area contributed by atoms with E-state index < -0.39 is 0 Å². The number of piperazine rings is 1. The number of amides is 1. The van der Waals surface area contributed by atoms with Gasteiger partial charge < -0.3 is 15.0 Å². The Morgan fingerprint density at radius 2 is 2.35 bits per heavy atom. The lowest BCUT2D eigenvalue weighted by Crippen LogP contribution is -2.52. The van der Waals surface area contributed by atoms with E-state index in [1.807, 2.05) is 29.2 Å². The fraction of sp³-hybridized carbons (Fsp3) is 0.500. The standard InChI is InChI=1S/C14H19BrN2O2.ClH/c1-11-10-16-6-7-17(11)14(18)5-8-19-13-4-2-3-12(15)9-13;/h2-4,9,11,16H,5-8,10H2,1H3;1H/t11-;/m0./s1. The number of benzene rings is 1. The van der Waals surface area contributed by atoms with Crippen LogP contribution in [0.2, 0.25) is 0 Å². The zero-order chi connectivity index (χ0) is 13.7. The summed E-state index contributed by atoms with van der Waals surface area (Å²) in [5, 5.41) is 3.28. The summed E-state index contributed by atoms with van der Waals surface area (Å²) in [5.74, 6) is 0.958. The minimum Gasteiger partial charge on any atom is -0.493 e. The first kappa shape index (κ1) is 17.3. The molecule has 4 nitrogen and oxygen atoms in total. The van der Waals surface area contributed by atoms with Gasteiger partial charge in [0.1, 0.15) is 5.75 Å². The van der Waals surface area contributed by atoms with E-state index in [1.54, 1.807) is 0 Å². The fourth-order valence-corrected chi connectivity index (χ4v) is 2.55. The Labute approximate surface area is 134 Å². The van der Waals surface area contributed by atoms with Crippen LogP contribution in [0.25, 0.3) is 0 Å². The average Bonchev–Trinajstić information content (AvgIpc) is 2.39. The Morgan fingerprint density at radius 3 is 3.05 bits per heavy atom. The molecule has 1 N–H and O–H groups in total. The number of hydrogen-bond donors (Lipinski definition) is 1. The molecule has 2 rings (SSSR count). The van der Waals surface area contributed by atoms with Crippen LogP contribution < -0.4 is 10.1 Å². The Kier molecular flexibility index (Phi) is 7.34. The van der Waals surface area contributed by atoms with Crippen LogP contribution >= 0.6 is 28.3 Å². The largest absolute Gasteiger partial charge is 0.493 e. The van der Waals surface area contributed by atoms with E-state index in [4.69, 9.17) is 4.74 Å². The Balaban J connectivity index is 0.00000200. The van der Waals surface area contributed by atoms with Gasteiger partial charge in [0.25, 0.3) is 0 Å². The number of nitrogens with zero attached hydrogens (tertiary/aromatic N) is 1. The van der Waals surface area contributed by atoms with Gasteiger partial charge in [-0.3, -0.25) is 4.79 Å². The molecule has 1 aliphatic heterocycles. The van der Waals surface area contributed by atoms with E-state index >= 15 is 0 Å². The van der Waals surface area contributed by atoms with Gasteiger partial charge in [-0.2, -0.15) is 0 Å². The lowest BCUT2D eigenvalue weighted by atomic mass is 10.2. The van der Waals surface area contributed by atoms with Crippen molar-refractivity contribution < 1.29 is 9.53 Å². The number of carbonyl (C=O) groups is 1. The van der Waals surface area contributed by atoms with Crippen molar-refractivity contribution in [3.8, 4) is 5.75 Å². The van der Waals surface area contributed by atoms with Gasteiger partial charge in [-0.15, -0.1) is 12.4 Å². The molecule has 1 aliphatic rings. The molecule has 20 heavy (non-hydrogen) atoms. The first-order valence-corrected chi connectivity index (χ1v) is 7.34. The van der Waals surface area contributed by atoms with Crippen molar-refractivity contribution in [2.45, 2.75) is 19.4 Å². The summed E-state index contributed by atoms with van der Waals surface area (Å²) in [7, 11) is 0. The second kappa shape index (κ2) is 8.49. The number of nitrogens with one attached hydrogen (secondary N) is 1. The molecule has 0 spiro atoms. The molecular weight excluding hydrogens is 344 g/mol. The highest BCUT2D eigenvalue weighted by atomic mass is 79.9. The van der Waals surface area contributed by atoms with Gasteiger partial charge in [0.15, 0.2) is 0 Å². The Morgan fingerprint density at radius 1 is 1.55 bits per heavy atom. The monoisotopic (exact) mass is 362 g/mol. The first-order valence-electron chi connectivity index (χ1n) is 6.55. The van der Waals surface area contributed by atoms with Crippen LogP contribution in [0.5, 0.6) is 5.75 Å². The molecule has 1 aromatic carbocycles. The number of ether oxygens (including phenoxy) is 1. The zero-order valence-corrected chi connectivity index (χ0v) is 13.9. The van der Waals surface area contributed by atoms with Crippen molar-refractivity contribution in [2.24, 2.45) is 0 Å².